The highest BCUT2D eigenvalue weighted by atomic mass is 19.3. The van der Waals surface area contributed by atoms with E-state index in [0.717, 1.165) is 29.6 Å². The molecule has 5 nitrogen and oxygen atoms in total. The minimum absolute atomic E-state index is 0.00560. The van der Waals surface area contributed by atoms with Crippen LogP contribution in [0.4, 0.5) is 8.78 Å². The molecule has 174 valence electrons. The van der Waals surface area contributed by atoms with E-state index in [9.17, 15) is 14.0 Å². The van der Waals surface area contributed by atoms with Gasteiger partial charge in [0.05, 0.1) is 22.9 Å². The van der Waals surface area contributed by atoms with Crippen LogP contribution < -0.4 is 0 Å². The van der Waals surface area contributed by atoms with Crippen LogP contribution in [0.3, 0.4) is 0 Å². The predicted octanol–water partition coefficient (Wildman–Crippen LogP) is 5.86. The number of alkyl halides is 2. The Morgan fingerprint density at radius 3 is 2.53 bits per heavy atom. The Balaban J connectivity index is 1.57. The van der Waals surface area contributed by atoms with E-state index in [1.54, 1.807) is 30.6 Å². The lowest BCUT2D eigenvalue weighted by atomic mass is 9.74. The molecule has 0 radical (unpaired) electrons. The Morgan fingerprint density at radius 2 is 1.88 bits per heavy atom. The zero-order chi connectivity index (χ0) is 24.2. The fraction of sp³-hybridized carbons (Fsp3) is 0.333. The van der Waals surface area contributed by atoms with E-state index >= 15 is 0 Å². The van der Waals surface area contributed by atoms with Crippen molar-refractivity contribution < 1.29 is 8.78 Å². The van der Waals surface area contributed by atoms with Crippen LogP contribution in [0.2, 0.25) is 0 Å². The van der Waals surface area contributed by atoms with Gasteiger partial charge in [-0.2, -0.15) is 5.26 Å². The van der Waals surface area contributed by atoms with Crippen molar-refractivity contribution in [2.24, 2.45) is 5.41 Å². The Morgan fingerprint density at radius 1 is 1.12 bits per heavy atom. The predicted molar refractivity (Wildman–Crippen MR) is 127 cm³/mol. The number of halogens is 2. The molecule has 1 saturated heterocycles. The molecule has 0 aliphatic carbocycles. The van der Waals surface area contributed by atoms with Crippen molar-refractivity contribution in [1.82, 2.24) is 19.9 Å². The molecule has 1 aliphatic rings. The van der Waals surface area contributed by atoms with Crippen molar-refractivity contribution in [2.45, 2.75) is 39.0 Å². The van der Waals surface area contributed by atoms with Gasteiger partial charge in [-0.15, -0.1) is 0 Å². The molecule has 1 aromatic carbocycles. The standard InChI is InChI=1S/C27H27F2N5/c1-3-24(21-8-6-13-32-25(21)23-10-14-31-19-33-23)34-15-11-27(18-30,12-16-34)17-20-7-4-5-9-22(20)26(2,28)29/h3-10,13-14,19H,11-12,15-17H2,1-2H3/b24-3-. The van der Waals surface area contributed by atoms with Crippen LogP contribution >= 0.6 is 0 Å². The number of likely N-dealkylation sites (tertiary alicyclic amines) is 1. The average Bonchev–Trinajstić information content (AvgIpc) is 2.86. The van der Waals surface area contributed by atoms with Gasteiger partial charge in [0.25, 0.3) is 5.92 Å². The Hall–Kier alpha value is -3.66. The molecule has 3 aromatic rings. The summed E-state index contributed by atoms with van der Waals surface area (Å²) in [5.74, 6) is -2.94. The summed E-state index contributed by atoms with van der Waals surface area (Å²) in [7, 11) is 0. The van der Waals surface area contributed by atoms with Crippen LogP contribution in [-0.4, -0.2) is 32.9 Å². The summed E-state index contributed by atoms with van der Waals surface area (Å²) in [5, 5.41) is 10.1. The van der Waals surface area contributed by atoms with E-state index in [1.807, 2.05) is 31.2 Å². The lowest BCUT2D eigenvalue weighted by molar-refractivity contribution is 0.0160. The molecule has 0 spiro atoms. The second-order valence-electron chi connectivity index (χ2n) is 8.77. The van der Waals surface area contributed by atoms with Crippen LogP contribution in [0.15, 0.2) is 67.3 Å². The van der Waals surface area contributed by atoms with Gasteiger partial charge in [-0.05, 0) is 49.9 Å². The quantitative estimate of drug-likeness (QED) is 0.462. The first-order valence-corrected chi connectivity index (χ1v) is 11.4. The van der Waals surface area contributed by atoms with Crippen LogP contribution in [0.1, 0.15) is 43.4 Å². The number of aromatic nitrogens is 3. The van der Waals surface area contributed by atoms with Crippen molar-refractivity contribution in [3.05, 3.63) is 84.0 Å². The number of nitriles is 1. The van der Waals surface area contributed by atoms with E-state index < -0.39 is 11.3 Å². The number of pyridine rings is 1. The highest BCUT2D eigenvalue weighted by molar-refractivity contribution is 5.76. The van der Waals surface area contributed by atoms with Gasteiger partial charge in [0.2, 0.25) is 0 Å². The van der Waals surface area contributed by atoms with Gasteiger partial charge in [-0.25, -0.2) is 18.7 Å². The number of rotatable bonds is 6. The number of piperidine rings is 1. The van der Waals surface area contributed by atoms with E-state index in [0.29, 0.717) is 37.9 Å². The minimum atomic E-state index is -2.94. The largest absolute Gasteiger partial charge is 0.371 e. The first-order valence-electron chi connectivity index (χ1n) is 11.4. The maximum absolute atomic E-state index is 14.2. The highest BCUT2D eigenvalue weighted by Crippen LogP contribution is 2.40. The average molecular weight is 460 g/mol. The van der Waals surface area contributed by atoms with Crippen molar-refractivity contribution in [3.63, 3.8) is 0 Å². The Labute approximate surface area is 198 Å². The second-order valence-corrected chi connectivity index (χ2v) is 8.77. The zero-order valence-electron chi connectivity index (χ0n) is 19.4. The number of allylic oxidation sites excluding steroid dienone is 1. The maximum atomic E-state index is 14.2. The smallest absolute Gasteiger partial charge is 0.270 e. The lowest BCUT2D eigenvalue weighted by Crippen LogP contribution is -2.40. The molecule has 0 amide bonds. The van der Waals surface area contributed by atoms with Gasteiger partial charge in [0.1, 0.15) is 6.33 Å². The SMILES string of the molecule is C/C=C(/c1cccnc1-c1ccncn1)N1CCC(C#N)(Cc2ccccc2C(C)(F)F)CC1. The van der Waals surface area contributed by atoms with Crippen LogP contribution in [-0.2, 0) is 12.3 Å². The fourth-order valence-electron chi connectivity index (χ4n) is 4.73. The number of hydrogen-bond donors (Lipinski definition) is 0. The molecule has 0 bridgehead atoms. The van der Waals surface area contributed by atoms with E-state index in [-0.39, 0.29) is 5.56 Å². The highest BCUT2D eigenvalue weighted by Gasteiger charge is 2.38. The summed E-state index contributed by atoms with van der Waals surface area (Å²) in [4.78, 5) is 15.2. The van der Waals surface area contributed by atoms with Gasteiger partial charge in [0, 0.05) is 49.2 Å². The Kier molecular flexibility index (Phi) is 6.69. The van der Waals surface area contributed by atoms with Gasteiger partial charge in [-0.1, -0.05) is 30.3 Å². The summed E-state index contributed by atoms with van der Waals surface area (Å²) in [6, 6.07) is 14.8. The number of nitrogens with zero attached hydrogens (tertiary/aromatic N) is 5. The summed E-state index contributed by atoms with van der Waals surface area (Å²) in [6.07, 6.45) is 8.49. The molecule has 34 heavy (non-hydrogen) atoms. The molecule has 7 heteroatoms. The Bertz CT molecular complexity index is 1200. The van der Waals surface area contributed by atoms with Crippen LogP contribution in [0, 0.1) is 16.7 Å². The fourth-order valence-corrected chi connectivity index (χ4v) is 4.73. The third-order valence-corrected chi connectivity index (χ3v) is 6.50. The van der Waals surface area contributed by atoms with E-state index in [4.69, 9.17) is 0 Å². The molecular weight excluding hydrogens is 432 g/mol. The second kappa shape index (κ2) is 9.68. The van der Waals surface area contributed by atoms with Gasteiger partial charge in [0.15, 0.2) is 0 Å². The molecule has 1 fully saturated rings. The third-order valence-electron chi connectivity index (χ3n) is 6.50. The van der Waals surface area contributed by atoms with Gasteiger partial charge in [-0.3, -0.25) is 4.98 Å². The first kappa shape index (κ1) is 23.5. The van der Waals surface area contributed by atoms with Crippen molar-refractivity contribution in [1.29, 1.82) is 5.26 Å². The summed E-state index contributed by atoms with van der Waals surface area (Å²) < 4.78 is 28.3. The van der Waals surface area contributed by atoms with E-state index in [2.05, 4.69) is 25.9 Å². The maximum Gasteiger partial charge on any atom is 0.270 e. The molecule has 0 atom stereocenters. The summed E-state index contributed by atoms with van der Waals surface area (Å²) in [5.41, 5.74) is 3.37. The molecule has 4 rings (SSSR count). The van der Waals surface area contributed by atoms with E-state index in [1.165, 1.54) is 12.4 Å². The zero-order valence-corrected chi connectivity index (χ0v) is 19.4. The van der Waals surface area contributed by atoms with Crippen molar-refractivity contribution >= 4 is 5.70 Å². The lowest BCUT2D eigenvalue weighted by Gasteiger charge is -2.40. The van der Waals surface area contributed by atoms with Crippen molar-refractivity contribution in [2.75, 3.05) is 13.1 Å². The topological polar surface area (TPSA) is 65.7 Å². The van der Waals surface area contributed by atoms with Gasteiger partial charge >= 0.3 is 0 Å². The normalized spacial score (nSPS) is 16.2. The van der Waals surface area contributed by atoms with Crippen LogP contribution in [0.5, 0.6) is 0 Å². The molecular formula is C27H27F2N5. The van der Waals surface area contributed by atoms with Crippen LogP contribution in [0.25, 0.3) is 17.1 Å². The minimum Gasteiger partial charge on any atom is -0.371 e. The molecule has 0 saturated carbocycles. The summed E-state index contributed by atoms with van der Waals surface area (Å²) >= 11 is 0. The van der Waals surface area contributed by atoms with Gasteiger partial charge < -0.3 is 4.90 Å². The molecule has 0 unspecified atom stereocenters. The number of hydrogen-bond acceptors (Lipinski definition) is 5. The van der Waals surface area contributed by atoms with Crippen molar-refractivity contribution in [3.8, 4) is 17.5 Å². The molecule has 0 N–H and O–H groups in total. The monoisotopic (exact) mass is 459 g/mol. The summed E-state index contributed by atoms with van der Waals surface area (Å²) in [6.45, 7) is 4.19. The molecule has 3 heterocycles. The first-order chi connectivity index (χ1) is 16.4. The number of benzene rings is 1. The third kappa shape index (κ3) is 4.81. The molecule has 1 aliphatic heterocycles. The molecule has 2 aromatic heterocycles.